The minimum Gasteiger partial charge on any atom is -0.495 e. The Kier molecular flexibility index (Phi) is 11.9. The van der Waals surface area contributed by atoms with Crippen molar-refractivity contribution in [3.05, 3.63) is 84.4 Å². The number of halogens is 2. The average molecular weight is 505 g/mol. The summed E-state index contributed by atoms with van der Waals surface area (Å²) in [6, 6.07) is 26.3. The maximum atomic E-state index is 5.93. The van der Waals surface area contributed by atoms with Gasteiger partial charge in [-0.25, -0.2) is 0 Å². The molecule has 1 saturated heterocycles. The number of methoxy groups -OCH3 is 1. The highest BCUT2D eigenvalue weighted by molar-refractivity contribution is 5.85. The van der Waals surface area contributed by atoms with Gasteiger partial charge in [0, 0.05) is 32.7 Å². The van der Waals surface area contributed by atoms with Crippen LogP contribution in [0.25, 0.3) is 0 Å². The quantitative estimate of drug-likeness (QED) is 0.330. The normalized spacial score (nSPS) is 13.4. The summed E-state index contributed by atoms with van der Waals surface area (Å²) in [6.07, 6.45) is 1.01. The van der Waals surface area contributed by atoms with Crippen molar-refractivity contribution in [1.29, 1.82) is 0 Å². The van der Waals surface area contributed by atoms with Crippen LogP contribution < -0.4 is 19.1 Å². The molecule has 0 radical (unpaired) electrons. The van der Waals surface area contributed by atoms with Crippen LogP contribution in [0.4, 0.5) is 5.69 Å². The molecule has 7 heteroatoms. The third-order valence-electron chi connectivity index (χ3n) is 5.76. The van der Waals surface area contributed by atoms with Gasteiger partial charge in [0.25, 0.3) is 0 Å². The van der Waals surface area contributed by atoms with E-state index in [2.05, 4.69) is 34.1 Å². The van der Waals surface area contributed by atoms with Crippen molar-refractivity contribution in [2.24, 2.45) is 0 Å². The Hall–Kier alpha value is -2.60. The first-order valence-electron chi connectivity index (χ1n) is 11.3. The molecular formula is C27H34Cl2N2O3. The fourth-order valence-corrected chi connectivity index (χ4v) is 3.95. The SMILES string of the molecule is COc1ccccc1N1CCN(CCCOc2ccc(OCc3ccccc3)cc2)CC1.Cl.Cl. The lowest BCUT2D eigenvalue weighted by atomic mass is 10.2. The zero-order chi connectivity index (χ0) is 22.0. The molecule has 1 heterocycles. The zero-order valence-electron chi connectivity index (χ0n) is 19.6. The second-order valence-electron chi connectivity index (χ2n) is 7.95. The molecule has 0 atom stereocenters. The number of ether oxygens (including phenoxy) is 3. The summed E-state index contributed by atoms with van der Waals surface area (Å²) in [6.45, 7) is 6.51. The molecule has 5 nitrogen and oxygen atoms in total. The Labute approximate surface area is 215 Å². The van der Waals surface area contributed by atoms with Crippen LogP contribution in [0.5, 0.6) is 17.2 Å². The molecule has 0 spiro atoms. The molecular weight excluding hydrogens is 471 g/mol. The summed E-state index contributed by atoms with van der Waals surface area (Å²) < 4.78 is 17.3. The van der Waals surface area contributed by atoms with E-state index in [1.165, 1.54) is 5.69 Å². The summed E-state index contributed by atoms with van der Waals surface area (Å²) in [4.78, 5) is 4.92. The van der Waals surface area contributed by atoms with E-state index in [4.69, 9.17) is 14.2 Å². The highest BCUT2D eigenvalue weighted by Gasteiger charge is 2.19. The molecule has 0 aliphatic carbocycles. The number of nitrogens with zero attached hydrogens (tertiary/aromatic N) is 2. The van der Waals surface area contributed by atoms with Crippen molar-refractivity contribution in [1.82, 2.24) is 4.90 Å². The Balaban J connectivity index is 0.00000204. The first kappa shape index (κ1) is 27.6. The third-order valence-corrected chi connectivity index (χ3v) is 5.76. The summed E-state index contributed by atoms with van der Waals surface area (Å²) in [5, 5.41) is 0. The smallest absolute Gasteiger partial charge is 0.142 e. The number of hydrogen-bond donors (Lipinski definition) is 0. The Bertz CT molecular complexity index is 950. The van der Waals surface area contributed by atoms with Crippen LogP contribution >= 0.6 is 24.8 Å². The number of para-hydroxylation sites is 2. The van der Waals surface area contributed by atoms with E-state index in [0.717, 1.165) is 68.6 Å². The van der Waals surface area contributed by atoms with Gasteiger partial charge in [-0.2, -0.15) is 0 Å². The monoisotopic (exact) mass is 504 g/mol. The van der Waals surface area contributed by atoms with Gasteiger partial charge in [-0.15, -0.1) is 24.8 Å². The van der Waals surface area contributed by atoms with Gasteiger partial charge in [-0.1, -0.05) is 42.5 Å². The van der Waals surface area contributed by atoms with Crippen molar-refractivity contribution in [2.75, 3.05) is 51.3 Å². The van der Waals surface area contributed by atoms with Gasteiger partial charge in [0.2, 0.25) is 0 Å². The predicted molar refractivity (Wildman–Crippen MR) is 143 cm³/mol. The van der Waals surface area contributed by atoms with Crippen molar-refractivity contribution in [2.45, 2.75) is 13.0 Å². The summed E-state index contributed by atoms with van der Waals surface area (Å²) in [5.41, 5.74) is 2.35. The fourth-order valence-electron chi connectivity index (χ4n) is 3.95. The van der Waals surface area contributed by atoms with E-state index < -0.39 is 0 Å². The molecule has 3 aromatic carbocycles. The molecule has 4 rings (SSSR count). The Morgan fingerprint density at radius 3 is 2.00 bits per heavy atom. The van der Waals surface area contributed by atoms with Crippen LogP contribution in [0.15, 0.2) is 78.9 Å². The standard InChI is InChI=1S/C27H32N2O3.2ClH/c1-30-27-11-6-5-10-26(27)29-19-17-28(18-20-29)16-7-21-31-24-12-14-25(15-13-24)32-22-23-8-3-2-4-9-23;;/h2-6,8-15H,7,16-22H2,1H3;2*1H. The van der Waals surface area contributed by atoms with Crippen molar-refractivity contribution in [3.8, 4) is 17.2 Å². The van der Waals surface area contributed by atoms with Crippen molar-refractivity contribution >= 4 is 30.5 Å². The highest BCUT2D eigenvalue weighted by atomic mass is 35.5. The van der Waals surface area contributed by atoms with Gasteiger partial charge in [-0.3, -0.25) is 4.90 Å². The Morgan fingerprint density at radius 1 is 0.706 bits per heavy atom. The zero-order valence-corrected chi connectivity index (χ0v) is 21.2. The molecule has 0 amide bonds. The maximum absolute atomic E-state index is 5.93. The average Bonchev–Trinajstić information content (AvgIpc) is 2.87. The third kappa shape index (κ3) is 8.01. The molecule has 184 valence electrons. The summed E-state index contributed by atoms with van der Waals surface area (Å²) in [7, 11) is 1.74. The number of anilines is 1. The van der Waals surface area contributed by atoms with E-state index in [-0.39, 0.29) is 24.8 Å². The molecule has 0 unspecified atom stereocenters. The topological polar surface area (TPSA) is 34.2 Å². The number of piperazine rings is 1. The minimum atomic E-state index is 0. The number of hydrogen-bond acceptors (Lipinski definition) is 5. The summed E-state index contributed by atoms with van der Waals surface area (Å²) in [5.74, 6) is 2.69. The largest absolute Gasteiger partial charge is 0.495 e. The lowest BCUT2D eigenvalue weighted by molar-refractivity contribution is 0.224. The van der Waals surface area contributed by atoms with E-state index in [9.17, 15) is 0 Å². The first-order valence-corrected chi connectivity index (χ1v) is 11.3. The second kappa shape index (κ2) is 14.6. The second-order valence-corrected chi connectivity index (χ2v) is 7.95. The van der Waals surface area contributed by atoms with Crippen LogP contribution in [0.2, 0.25) is 0 Å². The predicted octanol–water partition coefficient (Wildman–Crippen LogP) is 5.71. The molecule has 1 fully saturated rings. The van der Waals surface area contributed by atoms with Crippen LogP contribution in [-0.4, -0.2) is 51.3 Å². The number of benzene rings is 3. The molecule has 0 saturated carbocycles. The Morgan fingerprint density at radius 2 is 1.32 bits per heavy atom. The van der Waals surface area contributed by atoms with Gasteiger partial charge >= 0.3 is 0 Å². The van der Waals surface area contributed by atoms with Crippen LogP contribution in [-0.2, 0) is 6.61 Å². The fraction of sp³-hybridized carbons (Fsp3) is 0.333. The van der Waals surface area contributed by atoms with Crippen molar-refractivity contribution in [3.63, 3.8) is 0 Å². The lowest BCUT2D eigenvalue weighted by Gasteiger charge is -2.36. The van der Waals surface area contributed by atoms with Gasteiger partial charge in [0.05, 0.1) is 19.4 Å². The molecule has 34 heavy (non-hydrogen) atoms. The molecule has 0 aromatic heterocycles. The minimum absolute atomic E-state index is 0. The van der Waals surface area contributed by atoms with E-state index in [1.54, 1.807) is 7.11 Å². The highest BCUT2D eigenvalue weighted by Crippen LogP contribution is 2.28. The number of rotatable bonds is 10. The molecule has 3 aromatic rings. The lowest BCUT2D eigenvalue weighted by Crippen LogP contribution is -2.46. The molecule has 0 N–H and O–H groups in total. The molecule has 1 aliphatic rings. The van der Waals surface area contributed by atoms with E-state index in [1.807, 2.05) is 54.6 Å². The maximum Gasteiger partial charge on any atom is 0.142 e. The van der Waals surface area contributed by atoms with Gasteiger partial charge in [0.15, 0.2) is 0 Å². The molecule has 0 bridgehead atoms. The first-order chi connectivity index (χ1) is 15.8. The summed E-state index contributed by atoms with van der Waals surface area (Å²) >= 11 is 0. The van der Waals surface area contributed by atoms with Crippen LogP contribution in [0, 0.1) is 0 Å². The van der Waals surface area contributed by atoms with E-state index in [0.29, 0.717) is 6.61 Å². The van der Waals surface area contributed by atoms with Gasteiger partial charge < -0.3 is 19.1 Å². The van der Waals surface area contributed by atoms with Gasteiger partial charge in [-0.05, 0) is 48.4 Å². The van der Waals surface area contributed by atoms with Crippen molar-refractivity contribution < 1.29 is 14.2 Å². The van der Waals surface area contributed by atoms with Crippen LogP contribution in [0.1, 0.15) is 12.0 Å². The van der Waals surface area contributed by atoms with Gasteiger partial charge in [0.1, 0.15) is 23.9 Å². The van der Waals surface area contributed by atoms with Crippen LogP contribution in [0.3, 0.4) is 0 Å². The molecule has 1 aliphatic heterocycles. The van der Waals surface area contributed by atoms with E-state index >= 15 is 0 Å².